The van der Waals surface area contributed by atoms with Crippen LogP contribution in [-0.2, 0) is 27.3 Å². The van der Waals surface area contributed by atoms with Crippen molar-refractivity contribution in [2.75, 3.05) is 26.3 Å². The molecule has 1 heterocycles. The van der Waals surface area contributed by atoms with Gasteiger partial charge in [-0.15, -0.1) is 0 Å². The van der Waals surface area contributed by atoms with Gasteiger partial charge in [-0.1, -0.05) is 60.2 Å². The normalized spacial score (nSPS) is 22.9. The number of amides is 2. The van der Waals surface area contributed by atoms with E-state index >= 15 is 0 Å². The van der Waals surface area contributed by atoms with Gasteiger partial charge in [0, 0.05) is 44.1 Å². The standard InChI is InChI=1S/C29H39N3O3/c1-23-6-5-9-25(20-23)22-30-27(33)10-11-28(34)31-26-12-14-29(15-13-26,32-16-18-35-19-17-32)21-24-7-3-2-4-8-24/h2-9,20,26H,10-19,21-22H2,1H3,(H,30,33)(H,31,34). The van der Waals surface area contributed by atoms with Crippen molar-refractivity contribution in [3.8, 4) is 0 Å². The predicted molar refractivity (Wildman–Crippen MR) is 138 cm³/mol. The van der Waals surface area contributed by atoms with Crippen molar-refractivity contribution in [2.45, 2.75) is 70.0 Å². The lowest BCUT2D eigenvalue weighted by Crippen LogP contribution is -2.58. The Morgan fingerprint density at radius 2 is 1.63 bits per heavy atom. The van der Waals surface area contributed by atoms with Crippen LogP contribution in [0.3, 0.4) is 0 Å². The van der Waals surface area contributed by atoms with Gasteiger partial charge < -0.3 is 15.4 Å². The van der Waals surface area contributed by atoms with Crippen molar-refractivity contribution >= 4 is 11.8 Å². The number of nitrogens with zero attached hydrogens (tertiary/aromatic N) is 1. The fraction of sp³-hybridized carbons (Fsp3) is 0.517. The first kappa shape index (κ1) is 25.4. The summed E-state index contributed by atoms with van der Waals surface area (Å²) in [5.74, 6) is -0.109. The molecule has 188 valence electrons. The van der Waals surface area contributed by atoms with Crippen LogP contribution in [0.25, 0.3) is 0 Å². The van der Waals surface area contributed by atoms with Crippen LogP contribution < -0.4 is 10.6 Å². The van der Waals surface area contributed by atoms with E-state index in [9.17, 15) is 9.59 Å². The Bertz CT molecular complexity index is 964. The van der Waals surface area contributed by atoms with Gasteiger partial charge in [-0.2, -0.15) is 0 Å². The molecule has 1 saturated heterocycles. The Hall–Kier alpha value is -2.70. The number of rotatable bonds is 9. The van der Waals surface area contributed by atoms with Gasteiger partial charge in [0.05, 0.1) is 13.2 Å². The molecule has 6 nitrogen and oxygen atoms in total. The Morgan fingerprint density at radius 3 is 2.34 bits per heavy atom. The molecule has 2 aromatic rings. The molecule has 2 amide bonds. The zero-order valence-corrected chi connectivity index (χ0v) is 20.9. The van der Waals surface area contributed by atoms with Crippen LogP contribution in [-0.4, -0.2) is 54.6 Å². The molecule has 35 heavy (non-hydrogen) atoms. The summed E-state index contributed by atoms with van der Waals surface area (Å²) in [6.45, 7) is 6.07. The molecule has 0 bridgehead atoms. The second-order valence-electron chi connectivity index (χ2n) is 10.1. The summed E-state index contributed by atoms with van der Waals surface area (Å²) in [6.07, 6.45) is 5.54. The van der Waals surface area contributed by atoms with E-state index in [1.165, 1.54) is 11.1 Å². The third-order valence-electron chi connectivity index (χ3n) is 7.49. The lowest BCUT2D eigenvalue weighted by molar-refractivity contribution is -0.127. The molecule has 2 aliphatic rings. The van der Waals surface area contributed by atoms with Crippen molar-refractivity contribution in [3.05, 3.63) is 71.3 Å². The van der Waals surface area contributed by atoms with E-state index < -0.39 is 0 Å². The highest BCUT2D eigenvalue weighted by Gasteiger charge is 2.41. The van der Waals surface area contributed by atoms with Gasteiger partial charge >= 0.3 is 0 Å². The lowest BCUT2D eigenvalue weighted by atomic mass is 9.74. The summed E-state index contributed by atoms with van der Waals surface area (Å²) in [5.41, 5.74) is 3.75. The minimum atomic E-state index is -0.0838. The van der Waals surface area contributed by atoms with E-state index in [-0.39, 0.29) is 36.2 Å². The highest BCUT2D eigenvalue weighted by Crippen LogP contribution is 2.37. The quantitative estimate of drug-likeness (QED) is 0.577. The van der Waals surface area contributed by atoms with Crippen LogP contribution in [0.2, 0.25) is 0 Å². The zero-order chi connectivity index (χ0) is 24.5. The monoisotopic (exact) mass is 477 g/mol. The minimum absolute atomic E-state index is 0.0253. The molecule has 1 aliphatic heterocycles. The number of hydrogen-bond donors (Lipinski definition) is 2. The first-order valence-corrected chi connectivity index (χ1v) is 13.0. The van der Waals surface area contributed by atoms with Crippen molar-refractivity contribution in [2.24, 2.45) is 0 Å². The zero-order valence-electron chi connectivity index (χ0n) is 20.9. The average Bonchev–Trinajstić information content (AvgIpc) is 2.89. The number of ether oxygens (including phenoxy) is 1. The Kier molecular flexibility index (Phi) is 8.94. The van der Waals surface area contributed by atoms with E-state index in [1.807, 2.05) is 25.1 Å². The summed E-state index contributed by atoms with van der Waals surface area (Å²) < 4.78 is 5.62. The number of carbonyl (C=O) groups excluding carboxylic acids is 2. The van der Waals surface area contributed by atoms with E-state index in [1.54, 1.807) is 0 Å². The van der Waals surface area contributed by atoms with Crippen molar-refractivity contribution < 1.29 is 14.3 Å². The molecule has 0 atom stereocenters. The molecule has 0 radical (unpaired) electrons. The predicted octanol–water partition coefficient (Wildman–Crippen LogP) is 3.76. The van der Waals surface area contributed by atoms with Gasteiger partial charge in [-0.3, -0.25) is 14.5 Å². The first-order valence-electron chi connectivity index (χ1n) is 13.0. The van der Waals surface area contributed by atoms with Crippen molar-refractivity contribution in [1.29, 1.82) is 0 Å². The highest BCUT2D eigenvalue weighted by atomic mass is 16.5. The van der Waals surface area contributed by atoms with Gasteiger partial charge in [0.2, 0.25) is 11.8 Å². The van der Waals surface area contributed by atoms with Crippen LogP contribution in [0.5, 0.6) is 0 Å². The minimum Gasteiger partial charge on any atom is -0.379 e. The first-order chi connectivity index (χ1) is 17.0. The molecule has 2 aromatic carbocycles. The number of aryl methyl sites for hydroxylation is 1. The van der Waals surface area contributed by atoms with E-state index in [2.05, 4.69) is 51.9 Å². The van der Waals surface area contributed by atoms with E-state index in [0.717, 1.165) is 64.0 Å². The third-order valence-corrected chi connectivity index (χ3v) is 7.49. The third kappa shape index (κ3) is 7.39. The summed E-state index contributed by atoms with van der Waals surface area (Å²) in [7, 11) is 0. The van der Waals surface area contributed by atoms with Gasteiger partial charge in [0.15, 0.2) is 0 Å². The summed E-state index contributed by atoms with van der Waals surface area (Å²) in [5, 5.41) is 6.12. The molecule has 2 fully saturated rings. The number of benzene rings is 2. The van der Waals surface area contributed by atoms with Gasteiger partial charge in [-0.05, 0) is 50.2 Å². The number of carbonyl (C=O) groups is 2. The Labute approximate surface area is 209 Å². The molecule has 1 aliphatic carbocycles. The maximum Gasteiger partial charge on any atom is 0.220 e. The van der Waals surface area contributed by atoms with Gasteiger partial charge in [0.1, 0.15) is 0 Å². The Morgan fingerprint density at radius 1 is 0.943 bits per heavy atom. The number of nitrogens with one attached hydrogen (secondary N) is 2. The molecule has 1 saturated carbocycles. The van der Waals surface area contributed by atoms with Gasteiger partial charge in [-0.25, -0.2) is 0 Å². The fourth-order valence-corrected chi connectivity index (χ4v) is 5.56. The van der Waals surface area contributed by atoms with Crippen LogP contribution in [0.4, 0.5) is 0 Å². The fourth-order valence-electron chi connectivity index (χ4n) is 5.56. The summed E-state index contributed by atoms with van der Waals surface area (Å²) in [6, 6.07) is 19.0. The van der Waals surface area contributed by atoms with Crippen LogP contribution in [0, 0.1) is 6.92 Å². The molecule has 4 rings (SSSR count). The molecular weight excluding hydrogens is 438 g/mol. The SMILES string of the molecule is Cc1cccc(CNC(=O)CCC(=O)NC2CCC(Cc3ccccc3)(N3CCOCC3)CC2)c1. The maximum absolute atomic E-state index is 12.6. The molecule has 0 unspecified atom stereocenters. The smallest absolute Gasteiger partial charge is 0.220 e. The van der Waals surface area contributed by atoms with Gasteiger partial charge in [0.25, 0.3) is 0 Å². The van der Waals surface area contributed by atoms with E-state index in [0.29, 0.717) is 6.54 Å². The summed E-state index contributed by atoms with van der Waals surface area (Å²) in [4.78, 5) is 27.4. The topological polar surface area (TPSA) is 70.7 Å². The largest absolute Gasteiger partial charge is 0.379 e. The molecule has 0 aromatic heterocycles. The molecule has 2 N–H and O–H groups in total. The average molecular weight is 478 g/mol. The number of morpholine rings is 1. The van der Waals surface area contributed by atoms with Crippen LogP contribution >= 0.6 is 0 Å². The second-order valence-corrected chi connectivity index (χ2v) is 10.1. The second kappa shape index (κ2) is 12.3. The molecule has 0 spiro atoms. The highest BCUT2D eigenvalue weighted by molar-refractivity contribution is 5.83. The van der Waals surface area contributed by atoms with E-state index in [4.69, 9.17) is 4.74 Å². The molecular formula is C29H39N3O3. The van der Waals surface area contributed by atoms with Crippen molar-refractivity contribution in [3.63, 3.8) is 0 Å². The van der Waals surface area contributed by atoms with Crippen molar-refractivity contribution in [1.82, 2.24) is 15.5 Å². The molecule has 6 heteroatoms. The van der Waals surface area contributed by atoms with Crippen LogP contribution in [0.1, 0.15) is 55.2 Å². The maximum atomic E-state index is 12.6. The van der Waals surface area contributed by atoms with Crippen LogP contribution in [0.15, 0.2) is 54.6 Å². The number of hydrogen-bond acceptors (Lipinski definition) is 4. The Balaban J connectivity index is 1.23. The summed E-state index contributed by atoms with van der Waals surface area (Å²) >= 11 is 0. The lowest BCUT2D eigenvalue weighted by Gasteiger charge is -2.50.